The fraction of sp³-hybridized carbons (Fsp3) is 0.167. The maximum Gasteiger partial charge on any atom is 0.339 e. The zero-order chi connectivity index (χ0) is 25.4. The van der Waals surface area contributed by atoms with Gasteiger partial charge in [0.05, 0.1) is 24.0 Å². The van der Waals surface area contributed by atoms with Crippen LogP contribution in [0.25, 0.3) is 11.1 Å². The summed E-state index contributed by atoms with van der Waals surface area (Å²) in [6.07, 6.45) is 2.27. The number of ether oxygens (including phenoxy) is 2. The van der Waals surface area contributed by atoms with Crippen LogP contribution in [0.2, 0.25) is 0 Å². The van der Waals surface area contributed by atoms with Crippen LogP contribution >= 0.6 is 0 Å². The number of pyridine rings is 1. The molecule has 0 atom stereocenters. The highest BCUT2D eigenvalue weighted by Crippen LogP contribution is 2.27. The van der Waals surface area contributed by atoms with Gasteiger partial charge < -0.3 is 14.8 Å². The van der Waals surface area contributed by atoms with Gasteiger partial charge in [0, 0.05) is 17.4 Å². The lowest BCUT2D eigenvalue weighted by Crippen LogP contribution is -2.22. The number of esters is 2. The minimum Gasteiger partial charge on any atom is -0.462 e. The molecule has 3 rings (SSSR count). The first kappa shape index (κ1) is 25.4. The van der Waals surface area contributed by atoms with Crippen molar-refractivity contribution in [2.24, 2.45) is 0 Å². The zero-order valence-electron chi connectivity index (χ0n) is 19.0. The van der Waals surface area contributed by atoms with Crippen molar-refractivity contribution in [1.29, 1.82) is 0 Å². The third kappa shape index (κ3) is 7.37. The number of nitrogens with zero attached hydrogens (tertiary/aromatic N) is 1. The Morgan fingerprint density at radius 3 is 2.31 bits per heavy atom. The molecule has 0 unspecified atom stereocenters. The first-order valence-electron chi connectivity index (χ1n) is 10.4. The molecule has 0 aliphatic heterocycles. The lowest BCUT2D eigenvalue weighted by Gasteiger charge is -2.12. The van der Waals surface area contributed by atoms with Crippen molar-refractivity contribution < 1.29 is 32.3 Å². The fourth-order valence-electron chi connectivity index (χ4n) is 3.03. The molecule has 0 aliphatic rings. The average Bonchev–Trinajstić information content (AvgIpc) is 2.82. The maximum absolute atomic E-state index is 12.5. The standard InChI is InChI=1S/C24H23N3O7S/c1-3-33-24(30)18-13-20(16-8-5-4-6-9-16)22(25-14-18)26-21(28)15-34-23(29)17-10-7-11-19(12-17)27-35(2,31)32/h4-14,27H,3,15H2,1-2H3,(H,25,26,28). The Labute approximate surface area is 202 Å². The highest BCUT2D eigenvalue weighted by molar-refractivity contribution is 7.92. The minimum absolute atomic E-state index is 0.0633. The summed E-state index contributed by atoms with van der Waals surface area (Å²) in [5.41, 5.74) is 1.65. The van der Waals surface area contributed by atoms with Crippen LogP contribution in [0.1, 0.15) is 27.6 Å². The minimum atomic E-state index is -3.52. The molecular formula is C24H23N3O7S. The van der Waals surface area contributed by atoms with E-state index in [2.05, 4.69) is 15.0 Å². The summed E-state index contributed by atoms with van der Waals surface area (Å²) >= 11 is 0. The van der Waals surface area contributed by atoms with E-state index in [-0.39, 0.29) is 29.2 Å². The van der Waals surface area contributed by atoms with Gasteiger partial charge in [-0.1, -0.05) is 36.4 Å². The van der Waals surface area contributed by atoms with Gasteiger partial charge in [-0.25, -0.2) is 23.0 Å². The van der Waals surface area contributed by atoms with Crippen LogP contribution in [0.3, 0.4) is 0 Å². The predicted molar refractivity (Wildman–Crippen MR) is 129 cm³/mol. The number of rotatable bonds is 9. The first-order chi connectivity index (χ1) is 16.7. The number of aromatic nitrogens is 1. The van der Waals surface area contributed by atoms with Crippen LogP contribution in [0, 0.1) is 0 Å². The molecule has 2 aromatic carbocycles. The molecule has 0 fully saturated rings. The number of amides is 1. The van der Waals surface area contributed by atoms with E-state index in [4.69, 9.17) is 9.47 Å². The molecule has 0 saturated heterocycles. The molecule has 3 aromatic rings. The smallest absolute Gasteiger partial charge is 0.339 e. The lowest BCUT2D eigenvalue weighted by molar-refractivity contribution is -0.119. The summed E-state index contributed by atoms with van der Waals surface area (Å²) in [6.45, 7) is 1.28. The number of hydrogen-bond acceptors (Lipinski definition) is 8. The number of benzene rings is 2. The third-order valence-corrected chi connectivity index (χ3v) is 5.08. The third-order valence-electron chi connectivity index (χ3n) is 4.48. The second kappa shape index (κ2) is 11.3. The largest absolute Gasteiger partial charge is 0.462 e. The molecule has 1 amide bonds. The molecule has 0 spiro atoms. The van der Waals surface area contributed by atoms with E-state index in [1.165, 1.54) is 30.5 Å². The fourth-order valence-corrected chi connectivity index (χ4v) is 3.59. The first-order valence-corrected chi connectivity index (χ1v) is 12.3. The van der Waals surface area contributed by atoms with Gasteiger partial charge in [0.25, 0.3) is 5.91 Å². The van der Waals surface area contributed by atoms with Crippen LogP contribution in [0.15, 0.2) is 66.9 Å². The number of hydrogen-bond donors (Lipinski definition) is 2. The van der Waals surface area contributed by atoms with E-state index in [1.54, 1.807) is 37.3 Å². The molecule has 1 heterocycles. The average molecular weight is 498 g/mol. The van der Waals surface area contributed by atoms with Crippen molar-refractivity contribution in [2.45, 2.75) is 6.92 Å². The predicted octanol–water partition coefficient (Wildman–Crippen LogP) is 3.09. The highest BCUT2D eigenvalue weighted by Gasteiger charge is 2.17. The Morgan fingerprint density at radius 1 is 0.914 bits per heavy atom. The van der Waals surface area contributed by atoms with Crippen LogP contribution in [-0.4, -0.2) is 50.7 Å². The van der Waals surface area contributed by atoms with E-state index in [1.807, 2.05) is 6.07 Å². The molecule has 10 nitrogen and oxygen atoms in total. The second-order valence-electron chi connectivity index (χ2n) is 7.29. The Balaban J connectivity index is 1.72. The summed E-state index contributed by atoms with van der Waals surface area (Å²) < 4.78 is 35.1. The topological polar surface area (TPSA) is 141 Å². The monoisotopic (exact) mass is 497 g/mol. The maximum atomic E-state index is 12.5. The number of anilines is 2. The molecule has 0 bridgehead atoms. The normalized spacial score (nSPS) is 10.8. The van der Waals surface area contributed by atoms with Crippen LogP contribution in [0.5, 0.6) is 0 Å². The van der Waals surface area contributed by atoms with Gasteiger partial charge in [0.15, 0.2) is 6.61 Å². The van der Waals surface area contributed by atoms with Gasteiger partial charge in [-0.3, -0.25) is 9.52 Å². The SMILES string of the molecule is CCOC(=O)c1cnc(NC(=O)COC(=O)c2cccc(NS(C)(=O)=O)c2)c(-c2ccccc2)c1. The highest BCUT2D eigenvalue weighted by atomic mass is 32.2. The summed E-state index contributed by atoms with van der Waals surface area (Å²) in [5.74, 6) is -1.84. The quantitative estimate of drug-likeness (QED) is 0.430. The van der Waals surface area contributed by atoms with Crippen molar-refractivity contribution in [1.82, 2.24) is 4.98 Å². The molecule has 35 heavy (non-hydrogen) atoms. The lowest BCUT2D eigenvalue weighted by atomic mass is 10.0. The van der Waals surface area contributed by atoms with Gasteiger partial charge in [0.2, 0.25) is 10.0 Å². The van der Waals surface area contributed by atoms with Gasteiger partial charge in [0.1, 0.15) is 5.82 Å². The van der Waals surface area contributed by atoms with Gasteiger partial charge in [-0.05, 0) is 36.8 Å². The molecule has 11 heteroatoms. The molecule has 0 aliphatic carbocycles. The Hall–Kier alpha value is -4.25. The van der Waals surface area contributed by atoms with Gasteiger partial charge in [-0.15, -0.1) is 0 Å². The van der Waals surface area contributed by atoms with Crippen molar-refractivity contribution >= 4 is 39.4 Å². The van der Waals surface area contributed by atoms with E-state index < -0.39 is 34.5 Å². The van der Waals surface area contributed by atoms with Crippen LogP contribution < -0.4 is 10.0 Å². The van der Waals surface area contributed by atoms with E-state index in [0.29, 0.717) is 11.1 Å². The molecular weight excluding hydrogens is 474 g/mol. The van der Waals surface area contributed by atoms with E-state index in [0.717, 1.165) is 6.26 Å². The summed E-state index contributed by atoms with van der Waals surface area (Å²) in [6, 6.07) is 16.2. The van der Waals surface area contributed by atoms with Crippen LogP contribution in [0.4, 0.5) is 11.5 Å². The van der Waals surface area contributed by atoms with Gasteiger partial charge in [-0.2, -0.15) is 0 Å². The Bertz CT molecular complexity index is 1340. The van der Waals surface area contributed by atoms with Gasteiger partial charge >= 0.3 is 11.9 Å². The van der Waals surface area contributed by atoms with Crippen LogP contribution in [-0.2, 0) is 24.3 Å². The zero-order valence-corrected chi connectivity index (χ0v) is 19.8. The second-order valence-corrected chi connectivity index (χ2v) is 9.03. The summed E-state index contributed by atoms with van der Waals surface area (Å²) in [7, 11) is -3.52. The number of sulfonamides is 1. The number of nitrogens with one attached hydrogen (secondary N) is 2. The Kier molecular flexibility index (Phi) is 8.16. The Morgan fingerprint density at radius 2 is 1.63 bits per heavy atom. The molecule has 0 saturated carbocycles. The molecule has 0 radical (unpaired) electrons. The number of carbonyl (C=O) groups is 3. The molecule has 2 N–H and O–H groups in total. The van der Waals surface area contributed by atoms with Crippen molar-refractivity contribution in [3.8, 4) is 11.1 Å². The van der Waals surface area contributed by atoms with Crippen molar-refractivity contribution in [3.05, 3.63) is 78.0 Å². The van der Waals surface area contributed by atoms with Crippen molar-refractivity contribution in [2.75, 3.05) is 29.5 Å². The molecule has 182 valence electrons. The van der Waals surface area contributed by atoms with E-state index in [9.17, 15) is 22.8 Å². The summed E-state index contributed by atoms with van der Waals surface area (Å²) in [4.78, 5) is 41.2. The van der Waals surface area contributed by atoms with Crippen molar-refractivity contribution in [3.63, 3.8) is 0 Å². The summed E-state index contributed by atoms with van der Waals surface area (Å²) in [5, 5.41) is 2.59. The van der Waals surface area contributed by atoms with E-state index >= 15 is 0 Å². The number of carbonyl (C=O) groups excluding carboxylic acids is 3. The molecule has 1 aromatic heterocycles.